The van der Waals surface area contributed by atoms with Crippen molar-refractivity contribution in [2.45, 2.75) is 31.5 Å². The molecule has 2 aromatic heterocycles. The quantitative estimate of drug-likeness (QED) is 0.457. The second kappa shape index (κ2) is 3.87. The Bertz CT molecular complexity index is 586. The minimum atomic E-state index is -1.01. The van der Waals surface area contributed by atoms with Gasteiger partial charge in [0.05, 0.1) is 6.10 Å². The van der Waals surface area contributed by atoms with E-state index in [9.17, 15) is 10.2 Å². The number of H-pyrrole nitrogens is 1. The topological polar surface area (TPSA) is 121 Å². The van der Waals surface area contributed by atoms with Crippen molar-refractivity contribution in [3.05, 3.63) is 12.7 Å². The Balaban J connectivity index is 2.08. The SMILES string of the molecule is C[C@H]1O[C@@H]([n+]2c[nH]c3c(N)ncnc32)[C@H](O)[C@@H]1O. The van der Waals surface area contributed by atoms with Crippen LogP contribution in [0.1, 0.15) is 13.2 Å². The van der Waals surface area contributed by atoms with E-state index in [1.807, 2.05) is 0 Å². The predicted octanol–water partition coefficient (Wildman–Crippen LogP) is -1.53. The Hall–Kier alpha value is -1.77. The third-order valence-electron chi connectivity index (χ3n) is 3.20. The molecule has 0 spiro atoms. The number of ether oxygens (including phenoxy) is 1. The fourth-order valence-corrected chi connectivity index (χ4v) is 2.17. The minimum absolute atomic E-state index is 0.319. The molecule has 1 saturated heterocycles. The Morgan fingerprint density at radius 1 is 1.39 bits per heavy atom. The van der Waals surface area contributed by atoms with Crippen LogP contribution in [0, 0.1) is 0 Å². The van der Waals surface area contributed by atoms with E-state index in [-0.39, 0.29) is 0 Å². The van der Waals surface area contributed by atoms with Crippen molar-refractivity contribution in [3.8, 4) is 0 Å². The Kier molecular flexibility index (Phi) is 2.44. The molecule has 0 aromatic carbocycles. The van der Waals surface area contributed by atoms with Gasteiger partial charge in [-0.25, -0.2) is 4.57 Å². The molecule has 1 aliphatic heterocycles. The molecular weight excluding hydrogens is 238 g/mol. The molecule has 4 atom stereocenters. The highest BCUT2D eigenvalue weighted by molar-refractivity contribution is 5.77. The van der Waals surface area contributed by atoms with Crippen LogP contribution in [0.5, 0.6) is 0 Å². The molecule has 3 heterocycles. The monoisotopic (exact) mass is 252 g/mol. The van der Waals surface area contributed by atoms with E-state index in [0.717, 1.165) is 0 Å². The molecule has 1 aliphatic rings. The van der Waals surface area contributed by atoms with Crippen LogP contribution in [-0.2, 0) is 4.74 Å². The van der Waals surface area contributed by atoms with Crippen molar-refractivity contribution in [1.29, 1.82) is 0 Å². The summed E-state index contributed by atoms with van der Waals surface area (Å²) >= 11 is 0. The van der Waals surface area contributed by atoms with E-state index >= 15 is 0 Å². The summed E-state index contributed by atoms with van der Waals surface area (Å²) in [5.41, 5.74) is 6.80. The minimum Gasteiger partial charge on any atom is -0.387 e. The van der Waals surface area contributed by atoms with Crippen molar-refractivity contribution in [2.24, 2.45) is 0 Å². The molecule has 0 amide bonds. The van der Waals surface area contributed by atoms with E-state index in [1.54, 1.807) is 17.8 Å². The smallest absolute Gasteiger partial charge is 0.309 e. The van der Waals surface area contributed by atoms with Gasteiger partial charge in [0.25, 0.3) is 0 Å². The summed E-state index contributed by atoms with van der Waals surface area (Å²) in [6.45, 7) is 1.70. The summed E-state index contributed by atoms with van der Waals surface area (Å²) in [4.78, 5) is 10.9. The van der Waals surface area contributed by atoms with Gasteiger partial charge in [0.2, 0.25) is 11.7 Å². The van der Waals surface area contributed by atoms with Crippen LogP contribution in [-0.4, -0.2) is 43.5 Å². The van der Waals surface area contributed by atoms with Crippen LogP contribution in [0.4, 0.5) is 5.82 Å². The van der Waals surface area contributed by atoms with E-state index < -0.39 is 24.5 Å². The van der Waals surface area contributed by atoms with Gasteiger partial charge in [-0.1, -0.05) is 4.98 Å². The van der Waals surface area contributed by atoms with E-state index in [4.69, 9.17) is 10.5 Å². The number of aromatic nitrogens is 4. The van der Waals surface area contributed by atoms with Gasteiger partial charge < -0.3 is 20.7 Å². The maximum absolute atomic E-state index is 9.94. The van der Waals surface area contributed by atoms with Gasteiger partial charge in [0, 0.05) is 0 Å². The summed E-state index contributed by atoms with van der Waals surface area (Å²) < 4.78 is 7.12. The number of nitrogens with one attached hydrogen (secondary N) is 1. The summed E-state index contributed by atoms with van der Waals surface area (Å²) in [5, 5.41) is 19.7. The number of hydrogen-bond acceptors (Lipinski definition) is 6. The number of fused-ring (bicyclic) bond motifs is 1. The highest BCUT2D eigenvalue weighted by Crippen LogP contribution is 2.26. The zero-order chi connectivity index (χ0) is 12.9. The van der Waals surface area contributed by atoms with E-state index in [2.05, 4.69) is 15.0 Å². The van der Waals surface area contributed by atoms with E-state index in [1.165, 1.54) is 6.33 Å². The van der Waals surface area contributed by atoms with Crippen LogP contribution < -0.4 is 10.3 Å². The lowest BCUT2D eigenvalue weighted by molar-refractivity contribution is -0.745. The molecule has 5 N–H and O–H groups in total. The normalized spacial score (nSPS) is 32.2. The maximum Gasteiger partial charge on any atom is 0.309 e. The third kappa shape index (κ3) is 1.47. The van der Waals surface area contributed by atoms with Crippen LogP contribution in [0.2, 0.25) is 0 Å². The fraction of sp³-hybridized carbons (Fsp3) is 0.500. The van der Waals surface area contributed by atoms with Gasteiger partial charge >= 0.3 is 5.65 Å². The highest BCUT2D eigenvalue weighted by atomic mass is 16.6. The van der Waals surface area contributed by atoms with Gasteiger partial charge in [0.1, 0.15) is 12.2 Å². The van der Waals surface area contributed by atoms with Gasteiger partial charge in [-0.05, 0) is 6.92 Å². The van der Waals surface area contributed by atoms with Crippen LogP contribution in [0.25, 0.3) is 11.2 Å². The van der Waals surface area contributed by atoms with Gasteiger partial charge in [-0.15, -0.1) is 0 Å². The molecule has 0 bridgehead atoms. The van der Waals surface area contributed by atoms with Crippen molar-refractivity contribution in [3.63, 3.8) is 0 Å². The number of aliphatic hydroxyl groups excluding tert-OH is 2. The van der Waals surface area contributed by atoms with Gasteiger partial charge in [-0.2, -0.15) is 4.98 Å². The molecule has 1 fully saturated rings. The Morgan fingerprint density at radius 3 is 2.83 bits per heavy atom. The second-order valence-corrected chi connectivity index (χ2v) is 4.35. The predicted molar refractivity (Wildman–Crippen MR) is 60.1 cm³/mol. The molecular formula is C10H14N5O3+. The summed E-state index contributed by atoms with van der Waals surface area (Å²) in [7, 11) is 0. The average Bonchev–Trinajstić information content (AvgIpc) is 2.88. The first-order valence-corrected chi connectivity index (χ1v) is 5.60. The van der Waals surface area contributed by atoms with Gasteiger partial charge in [-0.3, -0.25) is 4.98 Å². The standard InChI is InChI=1S/C10H13N5O3/c1-4-6(16)7(17)10(18-4)15-3-14-5-8(11)12-2-13-9(5)15/h2-4,6-7,10,16-17H,1H3,(H2,11,12,13)/p+1/t4-,6-,7-,10-/m1/s1. The number of nitrogens with two attached hydrogens (primary N) is 1. The van der Waals surface area contributed by atoms with Crippen LogP contribution in [0.3, 0.4) is 0 Å². The Labute approximate surface area is 102 Å². The first kappa shape index (κ1) is 11.3. The zero-order valence-corrected chi connectivity index (χ0v) is 9.69. The van der Waals surface area contributed by atoms with Gasteiger partial charge in [0.15, 0.2) is 18.5 Å². The molecule has 2 aromatic rings. The molecule has 0 unspecified atom stereocenters. The summed E-state index contributed by atoms with van der Waals surface area (Å²) in [6, 6.07) is 0. The molecule has 3 rings (SSSR count). The van der Waals surface area contributed by atoms with Crippen molar-refractivity contribution < 1.29 is 19.5 Å². The molecule has 8 nitrogen and oxygen atoms in total. The van der Waals surface area contributed by atoms with Crippen LogP contribution in [0.15, 0.2) is 12.7 Å². The lowest BCUT2D eigenvalue weighted by atomic mass is 10.1. The summed E-state index contributed by atoms with van der Waals surface area (Å²) in [6.07, 6.45) is -0.149. The fourth-order valence-electron chi connectivity index (χ4n) is 2.17. The number of rotatable bonds is 1. The number of hydrogen-bond donors (Lipinski definition) is 4. The molecule has 96 valence electrons. The molecule has 18 heavy (non-hydrogen) atoms. The second-order valence-electron chi connectivity index (χ2n) is 4.35. The number of aromatic amines is 1. The first-order valence-electron chi connectivity index (χ1n) is 5.60. The number of nitrogens with zero attached hydrogens (tertiary/aromatic N) is 3. The maximum atomic E-state index is 9.94. The molecule has 0 aliphatic carbocycles. The number of imidazole rings is 1. The average molecular weight is 252 g/mol. The van der Waals surface area contributed by atoms with E-state index in [0.29, 0.717) is 17.0 Å². The van der Waals surface area contributed by atoms with Crippen molar-refractivity contribution in [1.82, 2.24) is 15.0 Å². The largest absolute Gasteiger partial charge is 0.387 e. The van der Waals surface area contributed by atoms with Crippen molar-refractivity contribution >= 4 is 17.0 Å². The van der Waals surface area contributed by atoms with Crippen LogP contribution >= 0.6 is 0 Å². The molecule has 8 heteroatoms. The number of aliphatic hydroxyl groups is 2. The molecule has 0 saturated carbocycles. The molecule has 0 radical (unpaired) electrons. The van der Waals surface area contributed by atoms with Crippen molar-refractivity contribution in [2.75, 3.05) is 5.73 Å². The highest BCUT2D eigenvalue weighted by Gasteiger charge is 2.44. The lowest BCUT2D eigenvalue weighted by Crippen LogP contribution is -2.45. The lowest BCUT2D eigenvalue weighted by Gasteiger charge is -2.11. The zero-order valence-electron chi connectivity index (χ0n) is 9.69. The number of nitrogen functional groups attached to an aromatic ring is 1. The number of anilines is 1. The Morgan fingerprint density at radius 2 is 2.17 bits per heavy atom. The third-order valence-corrected chi connectivity index (χ3v) is 3.20. The summed E-state index contributed by atoms with van der Waals surface area (Å²) in [5.74, 6) is 0.319. The first-order chi connectivity index (χ1) is 8.59.